The first-order valence-electron chi connectivity index (χ1n) is 5.96. The zero-order valence-corrected chi connectivity index (χ0v) is 11.2. The van der Waals surface area contributed by atoms with Crippen molar-refractivity contribution < 1.29 is 8.42 Å². The average molecular weight is 253 g/mol. The molecule has 0 radical (unpaired) electrons. The van der Waals surface area contributed by atoms with Crippen LogP contribution >= 0.6 is 0 Å². The van der Waals surface area contributed by atoms with Gasteiger partial charge in [-0.1, -0.05) is 29.8 Å². The number of rotatable bonds is 5. The van der Waals surface area contributed by atoms with Crippen molar-refractivity contribution in [3.05, 3.63) is 35.4 Å². The number of benzene rings is 1. The van der Waals surface area contributed by atoms with Crippen molar-refractivity contribution >= 4 is 10.0 Å². The topological polar surface area (TPSA) is 37.4 Å². The first kappa shape index (κ1) is 12.6. The molecule has 17 heavy (non-hydrogen) atoms. The van der Waals surface area contributed by atoms with Gasteiger partial charge < -0.3 is 0 Å². The molecular weight excluding hydrogens is 234 g/mol. The van der Waals surface area contributed by atoms with Crippen molar-refractivity contribution in [3.8, 4) is 0 Å². The van der Waals surface area contributed by atoms with Gasteiger partial charge in [-0.2, -0.15) is 4.31 Å². The van der Waals surface area contributed by atoms with Crippen LogP contribution in [0, 0.1) is 12.8 Å². The smallest absolute Gasteiger partial charge is 0.211 e. The molecule has 3 nitrogen and oxygen atoms in total. The van der Waals surface area contributed by atoms with E-state index in [1.807, 2.05) is 31.2 Å². The fraction of sp³-hybridized carbons (Fsp3) is 0.538. The van der Waals surface area contributed by atoms with E-state index < -0.39 is 10.0 Å². The van der Waals surface area contributed by atoms with Crippen molar-refractivity contribution in [2.75, 3.05) is 12.8 Å². The number of aryl methyl sites for hydroxylation is 1. The van der Waals surface area contributed by atoms with Gasteiger partial charge in [0.1, 0.15) is 0 Å². The highest BCUT2D eigenvalue weighted by Crippen LogP contribution is 2.30. The molecule has 1 fully saturated rings. The van der Waals surface area contributed by atoms with Crippen molar-refractivity contribution in [2.45, 2.75) is 26.3 Å². The summed E-state index contributed by atoms with van der Waals surface area (Å²) >= 11 is 0. The van der Waals surface area contributed by atoms with Crippen LogP contribution in [0.15, 0.2) is 24.3 Å². The molecule has 1 aromatic carbocycles. The minimum atomic E-state index is -3.09. The number of hydrogen-bond acceptors (Lipinski definition) is 2. The molecule has 0 unspecified atom stereocenters. The Morgan fingerprint density at radius 1 is 1.24 bits per heavy atom. The molecule has 0 spiro atoms. The lowest BCUT2D eigenvalue weighted by Gasteiger charge is -2.19. The predicted octanol–water partition coefficient (Wildman–Crippen LogP) is 2.17. The Balaban J connectivity index is 2.08. The van der Waals surface area contributed by atoms with E-state index in [-0.39, 0.29) is 0 Å². The third-order valence-corrected chi connectivity index (χ3v) is 4.32. The average Bonchev–Trinajstić information content (AvgIpc) is 3.03. The van der Waals surface area contributed by atoms with Crippen LogP contribution in [0.25, 0.3) is 0 Å². The van der Waals surface area contributed by atoms with Gasteiger partial charge >= 0.3 is 0 Å². The van der Waals surface area contributed by atoms with Gasteiger partial charge in [0.25, 0.3) is 0 Å². The SMILES string of the molecule is Cc1ccc(CN(CC2CC2)S(C)(=O)=O)cc1. The first-order valence-corrected chi connectivity index (χ1v) is 7.80. The molecule has 0 N–H and O–H groups in total. The van der Waals surface area contributed by atoms with E-state index in [2.05, 4.69) is 0 Å². The van der Waals surface area contributed by atoms with Crippen molar-refractivity contribution in [3.63, 3.8) is 0 Å². The van der Waals surface area contributed by atoms with Gasteiger partial charge in [0.05, 0.1) is 6.26 Å². The van der Waals surface area contributed by atoms with Crippen LogP contribution < -0.4 is 0 Å². The Morgan fingerprint density at radius 2 is 1.82 bits per heavy atom. The quantitative estimate of drug-likeness (QED) is 0.806. The van der Waals surface area contributed by atoms with Crippen LogP contribution in [0.3, 0.4) is 0 Å². The highest BCUT2D eigenvalue weighted by atomic mass is 32.2. The molecule has 1 aromatic rings. The monoisotopic (exact) mass is 253 g/mol. The maximum absolute atomic E-state index is 11.7. The van der Waals surface area contributed by atoms with Gasteiger partial charge in [-0.05, 0) is 31.2 Å². The molecule has 1 aliphatic carbocycles. The molecular formula is C13H19NO2S. The summed E-state index contributed by atoms with van der Waals surface area (Å²) in [4.78, 5) is 0. The van der Waals surface area contributed by atoms with Crippen molar-refractivity contribution in [2.24, 2.45) is 5.92 Å². The summed E-state index contributed by atoms with van der Waals surface area (Å²) in [6.45, 7) is 3.20. The van der Waals surface area contributed by atoms with E-state index in [4.69, 9.17) is 0 Å². The second-order valence-electron chi connectivity index (χ2n) is 4.98. The second kappa shape index (κ2) is 4.78. The Hall–Kier alpha value is -0.870. The molecule has 0 atom stereocenters. The Kier molecular flexibility index (Phi) is 3.54. The maximum Gasteiger partial charge on any atom is 0.211 e. The van der Waals surface area contributed by atoms with Crippen LogP contribution in [0.2, 0.25) is 0 Å². The summed E-state index contributed by atoms with van der Waals surface area (Å²) in [7, 11) is -3.09. The fourth-order valence-electron chi connectivity index (χ4n) is 1.80. The number of hydrogen-bond donors (Lipinski definition) is 0. The van der Waals surface area contributed by atoms with Gasteiger partial charge in [0, 0.05) is 13.1 Å². The normalized spacial score (nSPS) is 16.4. The summed E-state index contributed by atoms with van der Waals surface area (Å²) in [5.41, 5.74) is 2.25. The van der Waals surface area contributed by atoms with E-state index in [1.54, 1.807) is 4.31 Å². The lowest BCUT2D eigenvalue weighted by Crippen LogP contribution is -2.31. The van der Waals surface area contributed by atoms with Gasteiger partial charge in [-0.15, -0.1) is 0 Å². The summed E-state index contributed by atoms with van der Waals surface area (Å²) in [6.07, 6.45) is 3.63. The van der Waals surface area contributed by atoms with E-state index >= 15 is 0 Å². The summed E-state index contributed by atoms with van der Waals surface area (Å²) in [5, 5.41) is 0. The minimum absolute atomic E-state index is 0.496. The lowest BCUT2D eigenvalue weighted by atomic mass is 10.1. The Bertz CT molecular complexity index is 475. The van der Waals surface area contributed by atoms with Crippen LogP contribution in [0.4, 0.5) is 0 Å². The standard InChI is InChI=1S/C13H19NO2S/c1-11-3-5-12(6-4-11)9-14(17(2,15)16)10-13-7-8-13/h3-6,13H,7-10H2,1-2H3. The van der Waals surface area contributed by atoms with E-state index in [9.17, 15) is 8.42 Å². The fourth-order valence-corrected chi connectivity index (χ4v) is 2.67. The summed E-state index contributed by atoms with van der Waals surface area (Å²) in [5.74, 6) is 0.579. The molecule has 2 rings (SSSR count). The molecule has 0 bridgehead atoms. The van der Waals surface area contributed by atoms with Crippen molar-refractivity contribution in [1.82, 2.24) is 4.31 Å². The van der Waals surface area contributed by atoms with Crippen LogP contribution in [0.1, 0.15) is 24.0 Å². The van der Waals surface area contributed by atoms with E-state index in [1.165, 1.54) is 24.7 Å². The van der Waals surface area contributed by atoms with Gasteiger partial charge in [-0.25, -0.2) is 8.42 Å². The molecule has 4 heteroatoms. The second-order valence-corrected chi connectivity index (χ2v) is 6.97. The Morgan fingerprint density at radius 3 is 2.29 bits per heavy atom. The van der Waals surface area contributed by atoms with Crippen LogP contribution in [-0.2, 0) is 16.6 Å². The minimum Gasteiger partial charge on any atom is -0.212 e. The molecule has 0 aromatic heterocycles. The largest absolute Gasteiger partial charge is 0.212 e. The zero-order chi connectivity index (χ0) is 12.5. The third kappa shape index (κ3) is 3.82. The highest BCUT2D eigenvalue weighted by molar-refractivity contribution is 7.88. The van der Waals surface area contributed by atoms with E-state index in [0.717, 1.165) is 5.56 Å². The van der Waals surface area contributed by atoms with Crippen LogP contribution in [0.5, 0.6) is 0 Å². The maximum atomic E-state index is 11.7. The molecule has 0 amide bonds. The summed E-state index contributed by atoms with van der Waals surface area (Å²) < 4.78 is 25.0. The molecule has 1 saturated carbocycles. The highest BCUT2D eigenvalue weighted by Gasteiger charge is 2.28. The van der Waals surface area contributed by atoms with Gasteiger partial charge in [-0.3, -0.25) is 0 Å². The molecule has 0 aliphatic heterocycles. The molecule has 0 heterocycles. The Labute approximate surface area is 104 Å². The predicted molar refractivity (Wildman–Crippen MR) is 69.2 cm³/mol. The lowest BCUT2D eigenvalue weighted by molar-refractivity contribution is 0.394. The van der Waals surface area contributed by atoms with Crippen LogP contribution in [-0.4, -0.2) is 25.5 Å². The van der Waals surface area contributed by atoms with Crippen molar-refractivity contribution in [1.29, 1.82) is 0 Å². The first-order chi connectivity index (χ1) is 7.95. The molecule has 94 valence electrons. The van der Waals surface area contributed by atoms with Gasteiger partial charge in [0.2, 0.25) is 10.0 Å². The van der Waals surface area contributed by atoms with Gasteiger partial charge in [0.15, 0.2) is 0 Å². The zero-order valence-electron chi connectivity index (χ0n) is 10.4. The number of nitrogens with zero attached hydrogens (tertiary/aromatic N) is 1. The van der Waals surface area contributed by atoms with E-state index in [0.29, 0.717) is 19.0 Å². The summed E-state index contributed by atoms with van der Waals surface area (Å²) in [6, 6.07) is 8.04. The molecule has 1 aliphatic rings. The molecule has 0 saturated heterocycles. The third-order valence-electron chi connectivity index (χ3n) is 3.11. The number of sulfonamides is 1.